The number of hydrogen-bond acceptors (Lipinski definition) is 5. The number of aromatic nitrogens is 4. The van der Waals surface area contributed by atoms with Crippen LogP contribution in [0.25, 0.3) is 0 Å². The van der Waals surface area contributed by atoms with Gasteiger partial charge >= 0.3 is 0 Å². The first-order valence-electron chi connectivity index (χ1n) is 4.90. The SMILES string of the molecule is CCCCSC(C)C(=O)Nc1nn[nH]n1. The highest BCUT2D eigenvalue weighted by Crippen LogP contribution is 2.13. The third-order valence-electron chi connectivity index (χ3n) is 1.82. The van der Waals surface area contributed by atoms with Gasteiger partial charge in [-0.3, -0.25) is 10.1 Å². The van der Waals surface area contributed by atoms with Gasteiger partial charge in [0.25, 0.3) is 5.95 Å². The molecule has 0 spiro atoms. The predicted octanol–water partition coefficient (Wildman–Crippen LogP) is 1.06. The summed E-state index contributed by atoms with van der Waals surface area (Å²) in [6.07, 6.45) is 2.27. The molecule has 0 radical (unpaired) electrons. The van der Waals surface area contributed by atoms with Gasteiger partial charge in [-0.2, -0.15) is 5.21 Å². The second-order valence-electron chi connectivity index (χ2n) is 3.09. The van der Waals surface area contributed by atoms with Gasteiger partial charge in [-0.1, -0.05) is 18.4 Å². The third kappa shape index (κ3) is 4.28. The summed E-state index contributed by atoms with van der Waals surface area (Å²) in [7, 11) is 0. The zero-order valence-electron chi connectivity index (χ0n) is 8.86. The number of tetrazole rings is 1. The minimum absolute atomic E-state index is 0.0856. The normalized spacial score (nSPS) is 12.4. The fraction of sp³-hybridized carbons (Fsp3) is 0.750. The lowest BCUT2D eigenvalue weighted by Gasteiger charge is -2.08. The van der Waals surface area contributed by atoms with E-state index in [1.807, 2.05) is 6.92 Å². The molecular weight excluding hydrogens is 214 g/mol. The molecule has 0 fully saturated rings. The maximum Gasteiger partial charge on any atom is 0.269 e. The second kappa shape index (κ2) is 6.39. The van der Waals surface area contributed by atoms with Crippen LogP contribution >= 0.6 is 11.8 Å². The van der Waals surface area contributed by atoms with Crippen molar-refractivity contribution in [3.05, 3.63) is 0 Å². The van der Waals surface area contributed by atoms with Crippen LogP contribution in [-0.2, 0) is 4.79 Å². The highest BCUT2D eigenvalue weighted by Gasteiger charge is 2.14. The van der Waals surface area contributed by atoms with E-state index in [9.17, 15) is 4.79 Å². The standard InChI is InChI=1S/C8H15N5OS/c1-3-4-5-15-6(2)7(14)9-8-10-12-13-11-8/h6H,3-5H2,1-2H3,(H2,9,10,11,12,13,14). The maximum absolute atomic E-state index is 11.6. The summed E-state index contributed by atoms with van der Waals surface area (Å²) in [6.45, 7) is 4.00. The topological polar surface area (TPSA) is 83.6 Å². The van der Waals surface area contributed by atoms with Gasteiger partial charge in [0.15, 0.2) is 0 Å². The number of carbonyl (C=O) groups excluding carboxylic acids is 1. The van der Waals surface area contributed by atoms with E-state index in [0.717, 1.165) is 18.6 Å². The van der Waals surface area contributed by atoms with Crippen molar-refractivity contribution in [1.82, 2.24) is 20.6 Å². The Morgan fingerprint density at radius 2 is 2.47 bits per heavy atom. The van der Waals surface area contributed by atoms with Gasteiger partial charge in [-0.25, -0.2) is 0 Å². The molecule has 84 valence electrons. The molecule has 0 bridgehead atoms. The number of carbonyl (C=O) groups is 1. The van der Waals surface area contributed by atoms with Crippen molar-refractivity contribution in [1.29, 1.82) is 0 Å². The lowest BCUT2D eigenvalue weighted by molar-refractivity contribution is -0.115. The maximum atomic E-state index is 11.6. The molecule has 0 aliphatic heterocycles. The van der Waals surface area contributed by atoms with E-state index in [2.05, 4.69) is 32.9 Å². The molecule has 1 aromatic rings. The number of amides is 1. The highest BCUT2D eigenvalue weighted by molar-refractivity contribution is 8.00. The zero-order valence-corrected chi connectivity index (χ0v) is 9.67. The number of thioether (sulfide) groups is 1. The molecule has 1 rings (SSSR count). The van der Waals surface area contributed by atoms with Crippen molar-refractivity contribution in [3.8, 4) is 0 Å². The van der Waals surface area contributed by atoms with Gasteiger partial charge in [-0.05, 0) is 24.3 Å². The second-order valence-corrected chi connectivity index (χ2v) is 4.54. The molecule has 0 aliphatic rings. The third-order valence-corrected chi connectivity index (χ3v) is 3.05. The molecule has 1 amide bonds. The predicted molar refractivity (Wildman–Crippen MR) is 59.6 cm³/mol. The van der Waals surface area contributed by atoms with E-state index in [1.54, 1.807) is 11.8 Å². The molecule has 1 aromatic heterocycles. The van der Waals surface area contributed by atoms with Gasteiger partial charge in [0.1, 0.15) is 0 Å². The van der Waals surface area contributed by atoms with E-state index in [-0.39, 0.29) is 17.1 Å². The number of nitrogens with one attached hydrogen (secondary N) is 2. The van der Waals surface area contributed by atoms with Gasteiger partial charge < -0.3 is 0 Å². The van der Waals surface area contributed by atoms with E-state index >= 15 is 0 Å². The molecule has 0 saturated carbocycles. The first kappa shape index (κ1) is 12.0. The van der Waals surface area contributed by atoms with Crippen LogP contribution in [0.5, 0.6) is 0 Å². The van der Waals surface area contributed by atoms with Crippen LogP contribution in [0.4, 0.5) is 5.95 Å². The Labute approximate surface area is 92.6 Å². The smallest absolute Gasteiger partial charge is 0.269 e. The van der Waals surface area contributed by atoms with Gasteiger partial charge in [-0.15, -0.1) is 16.9 Å². The van der Waals surface area contributed by atoms with E-state index in [0.29, 0.717) is 0 Å². The summed E-state index contributed by atoms with van der Waals surface area (Å²) in [5.74, 6) is 1.14. The van der Waals surface area contributed by atoms with Crippen LogP contribution < -0.4 is 5.32 Å². The number of unbranched alkanes of at least 4 members (excludes halogenated alkanes) is 1. The molecule has 6 nitrogen and oxygen atoms in total. The Balaban J connectivity index is 2.27. The first-order chi connectivity index (χ1) is 7.24. The van der Waals surface area contributed by atoms with Crippen molar-refractivity contribution < 1.29 is 4.79 Å². The summed E-state index contributed by atoms with van der Waals surface area (Å²) in [6, 6.07) is 0. The van der Waals surface area contributed by atoms with E-state index < -0.39 is 0 Å². The van der Waals surface area contributed by atoms with Crippen molar-refractivity contribution in [3.63, 3.8) is 0 Å². The van der Waals surface area contributed by atoms with Crippen LogP contribution in [-0.4, -0.2) is 37.5 Å². The minimum atomic E-state index is -0.0879. The molecule has 0 saturated heterocycles. The lowest BCUT2D eigenvalue weighted by atomic mass is 10.4. The average molecular weight is 229 g/mol. The molecule has 0 aromatic carbocycles. The molecule has 0 aliphatic carbocycles. The van der Waals surface area contributed by atoms with Crippen LogP contribution in [0.15, 0.2) is 0 Å². The van der Waals surface area contributed by atoms with Crippen LogP contribution in [0.2, 0.25) is 0 Å². The van der Waals surface area contributed by atoms with Crippen molar-refractivity contribution in [2.75, 3.05) is 11.1 Å². The Hall–Kier alpha value is -1.11. The zero-order chi connectivity index (χ0) is 11.1. The summed E-state index contributed by atoms with van der Waals surface area (Å²) in [5.41, 5.74) is 0. The van der Waals surface area contributed by atoms with Crippen LogP contribution in [0.3, 0.4) is 0 Å². The van der Waals surface area contributed by atoms with Gasteiger partial charge in [0, 0.05) is 0 Å². The largest absolute Gasteiger partial charge is 0.291 e. The Morgan fingerprint density at radius 1 is 1.67 bits per heavy atom. The molecule has 1 heterocycles. The monoisotopic (exact) mass is 229 g/mol. The first-order valence-corrected chi connectivity index (χ1v) is 5.94. The number of hydrogen-bond donors (Lipinski definition) is 2. The number of rotatable bonds is 6. The summed E-state index contributed by atoms with van der Waals surface area (Å²) >= 11 is 1.63. The highest BCUT2D eigenvalue weighted by atomic mass is 32.2. The number of anilines is 1. The number of H-pyrrole nitrogens is 1. The van der Waals surface area contributed by atoms with E-state index in [1.165, 1.54) is 0 Å². The van der Waals surface area contributed by atoms with Crippen molar-refractivity contribution in [2.24, 2.45) is 0 Å². The Bertz CT molecular complexity index is 289. The fourth-order valence-corrected chi connectivity index (χ4v) is 1.93. The van der Waals surface area contributed by atoms with E-state index in [4.69, 9.17) is 0 Å². The fourth-order valence-electron chi connectivity index (χ4n) is 0.907. The lowest BCUT2D eigenvalue weighted by Crippen LogP contribution is -2.23. The van der Waals surface area contributed by atoms with Crippen molar-refractivity contribution >= 4 is 23.6 Å². The number of nitrogens with zero attached hydrogens (tertiary/aromatic N) is 3. The molecule has 1 atom stereocenters. The van der Waals surface area contributed by atoms with Crippen LogP contribution in [0.1, 0.15) is 26.7 Å². The number of aromatic amines is 1. The molecular formula is C8H15N5OS. The minimum Gasteiger partial charge on any atom is -0.291 e. The van der Waals surface area contributed by atoms with Crippen molar-refractivity contribution in [2.45, 2.75) is 31.9 Å². The quantitative estimate of drug-likeness (QED) is 0.713. The summed E-state index contributed by atoms with van der Waals surface area (Å²) < 4.78 is 0. The molecule has 1 unspecified atom stereocenters. The average Bonchev–Trinajstić information content (AvgIpc) is 2.70. The molecule has 2 N–H and O–H groups in total. The van der Waals surface area contributed by atoms with Gasteiger partial charge in [0.2, 0.25) is 5.91 Å². The summed E-state index contributed by atoms with van der Waals surface area (Å²) in [4.78, 5) is 11.6. The Kier molecular flexibility index (Phi) is 5.09. The molecule has 7 heteroatoms. The Morgan fingerprint density at radius 3 is 3.07 bits per heavy atom. The molecule has 15 heavy (non-hydrogen) atoms. The van der Waals surface area contributed by atoms with Gasteiger partial charge in [0.05, 0.1) is 5.25 Å². The summed E-state index contributed by atoms with van der Waals surface area (Å²) in [5, 5.41) is 15.4. The van der Waals surface area contributed by atoms with Crippen LogP contribution in [0, 0.1) is 0 Å².